The molecule has 3 N–H and O–H groups in total. The van der Waals surface area contributed by atoms with Crippen LogP contribution in [0.3, 0.4) is 0 Å². The minimum absolute atomic E-state index is 0.0245. The monoisotopic (exact) mass is 398 g/mol. The highest BCUT2D eigenvalue weighted by Gasteiger charge is 2.30. The van der Waals surface area contributed by atoms with E-state index in [4.69, 9.17) is 10.5 Å². The van der Waals surface area contributed by atoms with E-state index in [1.807, 2.05) is 0 Å². The molecule has 7 heteroatoms. The van der Waals surface area contributed by atoms with Crippen LogP contribution >= 0.6 is 0 Å². The van der Waals surface area contributed by atoms with Gasteiger partial charge in [0.25, 0.3) is 0 Å². The SMILES string of the molecule is NC1=C(NCCCN2CCN(CC3CCCO3)CC2)C(=O)c2ccccc2C1=O. The summed E-state index contributed by atoms with van der Waals surface area (Å²) in [4.78, 5) is 30.0. The van der Waals surface area contributed by atoms with Crippen LogP contribution in [0.2, 0.25) is 0 Å². The van der Waals surface area contributed by atoms with E-state index in [1.165, 1.54) is 12.8 Å². The second kappa shape index (κ2) is 9.07. The highest BCUT2D eigenvalue weighted by atomic mass is 16.5. The number of carbonyl (C=O) groups is 2. The molecule has 0 aromatic heterocycles. The first-order valence-electron chi connectivity index (χ1n) is 10.6. The van der Waals surface area contributed by atoms with Crippen molar-refractivity contribution in [1.29, 1.82) is 0 Å². The molecule has 156 valence electrons. The van der Waals surface area contributed by atoms with Gasteiger partial charge in [-0.15, -0.1) is 0 Å². The van der Waals surface area contributed by atoms with Crippen molar-refractivity contribution in [2.45, 2.75) is 25.4 Å². The Kier molecular flexibility index (Phi) is 6.28. The minimum atomic E-state index is -0.273. The van der Waals surface area contributed by atoms with Crippen molar-refractivity contribution < 1.29 is 14.3 Å². The lowest BCUT2D eigenvalue weighted by Gasteiger charge is -2.35. The molecule has 1 atom stereocenters. The van der Waals surface area contributed by atoms with E-state index in [9.17, 15) is 9.59 Å². The summed E-state index contributed by atoms with van der Waals surface area (Å²) >= 11 is 0. The van der Waals surface area contributed by atoms with Crippen LogP contribution in [0.5, 0.6) is 0 Å². The lowest BCUT2D eigenvalue weighted by molar-refractivity contribution is 0.0503. The lowest BCUT2D eigenvalue weighted by Crippen LogP contribution is -2.48. The molecule has 3 aliphatic rings. The van der Waals surface area contributed by atoms with E-state index in [0.29, 0.717) is 23.8 Å². The molecule has 1 aromatic rings. The topological polar surface area (TPSA) is 87.9 Å². The Morgan fingerprint density at radius 3 is 2.41 bits per heavy atom. The molecule has 0 spiro atoms. The number of benzene rings is 1. The number of carbonyl (C=O) groups excluding carboxylic acids is 2. The second-order valence-electron chi connectivity index (χ2n) is 8.05. The van der Waals surface area contributed by atoms with Crippen molar-refractivity contribution in [1.82, 2.24) is 15.1 Å². The average molecular weight is 399 g/mol. The van der Waals surface area contributed by atoms with E-state index < -0.39 is 0 Å². The predicted octanol–water partition coefficient (Wildman–Crippen LogP) is 1.01. The van der Waals surface area contributed by atoms with E-state index in [1.54, 1.807) is 24.3 Å². The Balaban J connectivity index is 1.20. The van der Waals surface area contributed by atoms with Crippen LogP contribution < -0.4 is 11.1 Å². The number of nitrogens with two attached hydrogens (primary N) is 1. The van der Waals surface area contributed by atoms with Crippen LogP contribution in [0, 0.1) is 0 Å². The standard InChI is InChI=1S/C22H30N4O3/c23-19-20(22(28)18-7-2-1-6-17(18)21(19)27)24-8-4-9-25-10-12-26(13-11-25)15-16-5-3-14-29-16/h1-2,6-7,16,24H,3-5,8-15,23H2. The summed E-state index contributed by atoms with van der Waals surface area (Å²) in [6, 6.07) is 6.84. The summed E-state index contributed by atoms with van der Waals surface area (Å²) < 4.78 is 5.74. The van der Waals surface area contributed by atoms with E-state index in [-0.39, 0.29) is 23.0 Å². The van der Waals surface area contributed by atoms with Gasteiger partial charge in [0.05, 0.1) is 6.10 Å². The molecule has 4 rings (SSSR count). The van der Waals surface area contributed by atoms with Gasteiger partial charge < -0.3 is 20.7 Å². The third-order valence-corrected chi connectivity index (χ3v) is 6.06. The zero-order chi connectivity index (χ0) is 20.2. The Morgan fingerprint density at radius 1 is 1.03 bits per heavy atom. The van der Waals surface area contributed by atoms with Crippen LogP contribution in [0.15, 0.2) is 35.7 Å². The number of nitrogens with one attached hydrogen (secondary N) is 1. The molecular formula is C22H30N4O3. The van der Waals surface area contributed by atoms with Gasteiger partial charge in [-0.2, -0.15) is 0 Å². The summed E-state index contributed by atoms with van der Waals surface area (Å²) in [7, 11) is 0. The molecule has 0 radical (unpaired) electrons. The molecule has 0 saturated carbocycles. The van der Waals surface area contributed by atoms with Gasteiger partial charge >= 0.3 is 0 Å². The Bertz CT molecular complexity index is 793. The van der Waals surface area contributed by atoms with Gasteiger partial charge in [-0.3, -0.25) is 14.5 Å². The van der Waals surface area contributed by atoms with Crippen molar-refractivity contribution >= 4 is 11.6 Å². The maximum absolute atomic E-state index is 12.7. The van der Waals surface area contributed by atoms with Crippen LogP contribution in [0.1, 0.15) is 40.0 Å². The van der Waals surface area contributed by atoms with Crippen LogP contribution in [-0.4, -0.2) is 79.9 Å². The molecule has 1 aromatic carbocycles. The van der Waals surface area contributed by atoms with Crippen LogP contribution in [0.25, 0.3) is 0 Å². The molecule has 2 fully saturated rings. The maximum Gasteiger partial charge on any atom is 0.211 e. The summed E-state index contributed by atoms with van der Waals surface area (Å²) in [5.41, 5.74) is 7.04. The zero-order valence-electron chi connectivity index (χ0n) is 16.9. The number of fused-ring (bicyclic) bond motifs is 1. The first-order chi connectivity index (χ1) is 14.1. The molecule has 0 bridgehead atoms. The maximum atomic E-state index is 12.7. The fourth-order valence-corrected chi connectivity index (χ4v) is 4.36. The lowest BCUT2D eigenvalue weighted by atomic mass is 9.90. The van der Waals surface area contributed by atoms with Crippen molar-refractivity contribution in [3.05, 3.63) is 46.8 Å². The van der Waals surface area contributed by atoms with Crippen LogP contribution in [-0.2, 0) is 4.74 Å². The van der Waals surface area contributed by atoms with E-state index >= 15 is 0 Å². The first kappa shape index (κ1) is 20.1. The fourth-order valence-electron chi connectivity index (χ4n) is 4.36. The van der Waals surface area contributed by atoms with Gasteiger partial charge in [0, 0.05) is 57.0 Å². The minimum Gasteiger partial charge on any atom is -0.394 e. The van der Waals surface area contributed by atoms with Crippen molar-refractivity contribution in [3.63, 3.8) is 0 Å². The summed E-state index contributed by atoms with van der Waals surface area (Å²) in [5, 5.41) is 3.12. The van der Waals surface area contributed by atoms with E-state index in [0.717, 1.165) is 52.3 Å². The molecule has 29 heavy (non-hydrogen) atoms. The number of nitrogens with zero attached hydrogens (tertiary/aromatic N) is 2. The fraction of sp³-hybridized carbons (Fsp3) is 0.545. The van der Waals surface area contributed by atoms with Crippen LogP contribution in [0.4, 0.5) is 0 Å². The number of rotatable bonds is 7. The van der Waals surface area contributed by atoms with Gasteiger partial charge in [0.15, 0.2) is 0 Å². The van der Waals surface area contributed by atoms with Gasteiger partial charge in [0.2, 0.25) is 11.6 Å². The van der Waals surface area contributed by atoms with Crippen molar-refractivity contribution in [2.24, 2.45) is 5.73 Å². The van der Waals surface area contributed by atoms with Gasteiger partial charge in [-0.05, 0) is 25.8 Å². The highest BCUT2D eigenvalue weighted by molar-refractivity contribution is 6.26. The molecule has 7 nitrogen and oxygen atoms in total. The quantitative estimate of drug-likeness (QED) is 0.663. The number of piperazine rings is 1. The highest BCUT2D eigenvalue weighted by Crippen LogP contribution is 2.22. The molecule has 1 aliphatic carbocycles. The van der Waals surface area contributed by atoms with Crippen molar-refractivity contribution in [2.75, 3.05) is 52.4 Å². The Morgan fingerprint density at radius 2 is 1.72 bits per heavy atom. The zero-order valence-corrected chi connectivity index (χ0v) is 16.9. The third kappa shape index (κ3) is 4.52. The van der Waals surface area contributed by atoms with Gasteiger partial charge in [-0.25, -0.2) is 0 Å². The molecule has 2 heterocycles. The number of allylic oxidation sites excluding steroid dienone is 2. The largest absolute Gasteiger partial charge is 0.394 e. The van der Waals surface area contributed by atoms with E-state index in [2.05, 4.69) is 15.1 Å². The number of ether oxygens (including phenoxy) is 1. The van der Waals surface area contributed by atoms with Crippen molar-refractivity contribution in [3.8, 4) is 0 Å². The molecule has 2 aliphatic heterocycles. The summed E-state index contributed by atoms with van der Waals surface area (Å²) in [6.45, 7) is 7.83. The number of Topliss-reactive ketones (excluding diaryl/α,β-unsaturated/α-hetero) is 2. The molecule has 0 amide bonds. The number of ketones is 2. The van der Waals surface area contributed by atoms with Gasteiger partial charge in [-0.1, -0.05) is 24.3 Å². The smallest absolute Gasteiger partial charge is 0.211 e. The first-order valence-corrected chi connectivity index (χ1v) is 10.6. The normalized spacial score (nSPS) is 23.5. The summed E-state index contributed by atoms with van der Waals surface area (Å²) in [6.07, 6.45) is 3.70. The Hall–Kier alpha value is -2.22. The number of hydrogen-bond donors (Lipinski definition) is 2. The molecule has 2 saturated heterocycles. The predicted molar refractivity (Wildman–Crippen MR) is 111 cm³/mol. The second-order valence-corrected chi connectivity index (χ2v) is 8.05. The number of hydrogen-bond acceptors (Lipinski definition) is 7. The van der Waals surface area contributed by atoms with Gasteiger partial charge in [0.1, 0.15) is 11.4 Å². The molecule has 1 unspecified atom stereocenters. The third-order valence-electron chi connectivity index (χ3n) is 6.06. The average Bonchev–Trinajstić information content (AvgIpc) is 3.26. The molecular weight excluding hydrogens is 368 g/mol. The Labute approximate surface area is 171 Å². The summed E-state index contributed by atoms with van der Waals surface area (Å²) in [5.74, 6) is -0.467.